The summed E-state index contributed by atoms with van der Waals surface area (Å²) in [6.45, 7) is 0.735. The van der Waals surface area contributed by atoms with Crippen LogP contribution in [0.25, 0.3) is 10.9 Å². The summed E-state index contributed by atoms with van der Waals surface area (Å²) < 4.78 is 7.40. The number of halogens is 1. The molecule has 2 aromatic heterocycles. The van der Waals surface area contributed by atoms with Crippen molar-refractivity contribution < 1.29 is 9.53 Å². The van der Waals surface area contributed by atoms with Crippen LogP contribution in [-0.4, -0.2) is 22.7 Å². The number of hydrogen-bond donors (Lipinski definition) is 2. The van der Waals surface area contributed by atoms with Gasteiger partial charge in [-0.05, 0) is 54.1 Å². The van der Waals surface area contributed by atoms with Crippen molar-refractivity contribution in [2.24, 2.45) is 0 Å². The minimum Gasteiger partial charge on any atom is -0.495 e. The second-order valence-electron chi connectivity index (χ2n) is 6.50. The van der Waals surface area contributed by atoms with Gasteiger partial charge in [0.05, 0.1) is 12.8 Å². The van der Waals surface area contributed by atoms with E-state index in [0.717, 1.165) is 23.0 Å². The maximum Gasteiger partial charge on any atom is 0.323 e. The van der Waals surface area contributed by atoms with Gasteiger partial charge in [-0.2, -0.15) is 0 Å². The van der Waals surface area contributed by atoms with Gasteiger partial charge in [0.1, 0.15) is 5.75 Å². The number of nitrogens with zero attached hydrogens (tertiary/aromatic N) is 2. The molecule has 2 aromatic carbocycles. The third kappa shape index (κ3) is 4.33. The number of pyridine rings is 1. The van der Waals surface area contributed by atoms with E-state index in [-0.39, 0.29) is 6.03 Å². The summed E-state index contributed by atoms with van der Waals surface area (Å²) in [6, 6.07) is 16.5. The van der Waals surface area contributed by atoms with Gasteiger partial charge >= 0.3 is 6.03 Å². The predicted octanol–water partition coefficient (Wildman–Crippen LogP) is 5.39. The molecule has 2 heterocycles. The van der Waals surface area contributed by atoms with Gasteiger partial charge in [0.25, 0.3) is 0 Å². The minimum absolute atomic E-state index is 0.375. The number of fused-ring (bicyclic) bond motifs is 1. The van der Waals surface area contributed by atoms with E-state index in [0.29, 0.717) is 22.1 Å². The van der Waals surface area contributed by atoms with Gasteiger partial charge in [-0.3, -0.25) is 4.98 Å². The molecule has 2 amide bonds. The maximum absolute atomic E-state index is 12.4. The summed E-state index contributed by atoms with van der Waals surface area (Å²) in [6.07, 6.45) is 5.65. The molecule has 0 spiro atoms. The lowest BCUT2D eigenvalue weighted by atomic mass is 10.2. The van der Waals surface area contributed by atoms with E-state index >= 15 is 0 Å². The Morgan fingerprint density at radius 1 is 1.14 bits per heavy atom. The molecule has 6 nitrogen and oxygen atoms in total. The second-order valence-corrected chi connectivity index (χ2v) is 6.94. The third-order valence-electron chi connectivity index (χ3n) is 4.51. The largest absolute Gasteiger partial charge is 0.495 e. The molecule has 7 heteroatoms. The fraction of sp³-hybridized carbons (Fsp3) is 0.0909. The Labute approximate surface area is 173 Å². The number of urea groups is 1. The Morgan fingerprint density at radius 2 is 2.03 bits per heavy atom. The Bertz CT molecular complexity index is 1160. The number of methoxy groups -OCH3 is 1. The van der Waals surface area contributed by atoms with Crippen LogP contribution in [0, 0.1) is 0 Å². The normalized spacial score (nSPS) is 10.7. The number of aromatic nitrogens is 2. The molecule has 0 fully saturated rings. The lowest BCUT2D eigenvalue weighted by molar-refractivity contribution is 0.262. The van der Waals surface area contributed by atoms with E-state index in [1.54, 1.807) is 24.4 Å². The number of benzene rings is 2. The number of hydrogen-bond acceptors (Lipinski definition) is 3. The summed E-state index contributed by atoms with van der Waals surface area (Å²) in [5.74, 6) is 0.535. The molecule has 0 unspecified atom stereocenters. The fourth-order valence-electron chi connectivity index (χ4n) is 3.17. The van der Waals surface area contributed by atoms with Crippen LogP contribution in [0.2, 0.25) is 5.02 Å². The van der Waals surface area contributed by atoms with Crippen molar-refractivity contribution >= 4 is 39.9 Å². The number of anilines is 2. The average Bonchev–Trinajstić information content (AvgIpc) is 3.11. The quantitative estimate of drug-likeness (QED) is 0.467. The number of carbonyl (C=O) groups is 1. The predicted molar refractivity (Wildman–Crippen MR) is 116 cm³/mol. The summed E-state index contributed by atoms with van der Waals surface area (Å²) >= 11 is 6.01. The van der Waals surface area contributed by atoms with Gasteiger partial charge < -0.3 is 19.9 Å². The maximum atomic E-state index is 12.4. The highest BCUT2D eigenvalue weighted by Gasteiger charge is 2.10. The first kappa shape index (κ1) is 18.8. The van der Waals surface area contributed by atoms with Gasteiger partial charge in [-0.1, -0.05) is 17.7 Å². The molecule has 2 N–H and O–H groups in total. The smallest absolute Gasteiger partial charge is 0.323 e. The van der Waals surface area contributed by atoms with Gasteiger partial charge in [0.15, 0.2) is 0 Å². The molecular formula is C22H19ClN4O2. The van der Waals surface area contributed by atoms with Gasteiger partial charge in [-0.15, -0.1) is 0 Å². The molecule has 0 saturated heterocycles. The van der Waals surface area contributed by atoms with E-state index in [2.05, 4.69) is 20.2 Å². The molecule has 29 heavy (non-hydrogen) atoms. The number of ether oxygens (including phenoxy) is 1. The monoisotopic (exact) mass is 406 g/mol. The zero-order valence-corrected chi connectivity index (χ0v) is 16.5. The van der Waals surface area contributed by atoms with Crippen molar-refractivity contribution in [2.75, 3.05) is 17.7 Å². The van der Waals surface area contributed by atoms with E-state index in [1.165, 1.54) is 7.11 Å². The number of carbonyl (C=O) groups excluding carboxylic acids is 1. The highest BCUT2D eigenvalue weighted by molar-refractivity contribution is 6.31. The zero-order valence-electron chi connectivity index (χ0n) is 15.7. The molecule has 0 atom stereocenters. The summed E-state index contributed by atoms with van der Waals surface area (Å²) in [5.41, 5.74) is 3.40. The lowest BCUT2D eigenvalue weighted by Crippen LogP contribution is -2.19. The number of amides is 2. The Hall–Kier alpha value is -3.51. The highest BCUT2D eigenvalue weighted by Crippen LogP contribution is 2.28. The highest BCUT2D eigenvalue weighted by atomic mass is 35.5. The van der Waals surface area contributed by atoms with Crippen LogP contribution in [0.3, 0.4) is 0 Å². The zero-order chi connectivity index (χ0) is 20.2. The van der Waals surface area contributed by atoms with Crippen molar-refractivity contribution in [3.05, 3.63) is 83.8 Å². The van der Waals surface area contributed by atoms with E-state index < -0.39 is 0 Å². The summed E-state index contributed by atoms with van der Waals surface area (Å²) in [7, 11) is 1.54. The van der Waals surface area contributed by atoms with Gasteiger partial charge in [0, 0.05) is 46.7 Å². The first-order valence-electron chi connectivity index (χ1n) is 9.02. The van der Waals surface area contributed by atoms with E-state index in [4.69, 9.17) is 16.3 Å². The molecule has 0 aliphatic carbocycles. The topological polar surface area (TPSA) is 68.2 Å². The van der Waals surface area contributed by atoms with E-state index in [1.807, 2.05) is 48.8 Å². The molecule has 0 aliphatic heterocycles. The standard InChI is InChI=1S/C22H19ClN4O2/c1-29-21-7-4-17(23)12-19(21)26-22(28)25-18-5-6-20-16(11-18)8-10-27(20)14-15-3-2-9-24-13-15/h2-13H,14H2,1H3,(H2,25,26,28). The van der Waals surface area contributed by atoms with Crippen LogP contribution in [0.4, 0.5) is 16.2 Å². The molecule has 4 aromatic rings. The van der Waals surface area contributed by atoms with Crippen molar-refractivity contribution in [2.45, 2.75) is 6.54 Å². The van der Waals surface area contributed by atoms with Crippen molar-refractivity contribution in [3.8, 4) is 5.75 Å². The van der Waals surface area contributed by atoms with Gasteiger partial charge in [0.2, 0.25) is 0 Å². The molecule has 0 saturated carbocycles. The van der Waals surface area contributed by atoms with Crippen LogP contribution in [0.15, 0.2) is 73.2 Å². The SMILES string of the molecule is COc1ccc(Cl)cc1NC(=O)Nc1ccc2c(ccn2Cc2cccnc2)c1. The van der Waals surface area contributed by atoms with Crippen LogP contribution in [0.5, 0.6) is 5.75 Å². The van der Waals surface area contributed by atoms with Crippen molar-refractivity contribution in [1.82, 2.24) is 9.55 Å². The second kappa shape index (κ2) is 8.24. The third-order valence-corrected chi connectivity index (χ3v) is 4.75. The molecule has 146 valence electrons. The molecule has 0 aliphatic rings. The van der Waals surface area contributed by atoms with Gasteiger partial charge in [-0.25, -0.2) is 4.79 Å². The Kier molecular flexibility index (Phi) is 5.35. The molecule has 0 radical (unpaired) electrons. The minimum atomic E-state index is -0.375. The first-order valence-corrected chi connectivity index (χ1v) is 9.39. The first-order chi connectivity index (χ1) is 14.1. The summed E-state index contributed by atoms with van der Waals surface area (Å²) in [5, 5.41) is 7.16. The van der Waals surface area contributed by atoms with E-state index in [9.17, 15) is 4.79 Å². The molecule has 4 rings (SSSR count). The molecular weight excluding hydrogens is 388 g/mol. The number of nitrogens with one attached hydrogen (secondary N) is 2. The molecule has 0 bridgehead atoms. The summed E-state index contributed by atoms with van der Waals surface area (Å²) in [4.78, 5) is 16.6. The van der Waals surface area contributed by atoms with Crippen molar-refractivity contribution in [3.63, 3.8) is 0 Å². The Morgan fingerprint density at radius 3 is 2.83 bits per heavy atom. The van der Waals surface area contributed by atoms with Crippen LogP contribution in [0.1, 0.15) is 5.56 Å². The van der Waals surface area contributed by atoms with Crippen LogP contribution < -0.4 is 15.4 Å². The fourth-order valence-corrected chi connectivity index (χ4v) is 3.34. The average molecular weight is 407 g/mol. The Balaban J connectivity index is 1.49. The van der Waals surface area contributed by atoms with Crippen LogP contribution in [-0.2, 0) is 6.54 Å². The number of rotatable bonds is 5. The van der Waals surface area contributed by atoms with Crippen LogP contribution >= 0.6 is 11.6 Å². The van der Waals surface area contributed by atoms with Crippen molar-refractivity contribution in [1.29, 1.82) is 0 Å². The lowest BCUT2D eigenvalue weighted by Gasteiger charge is -2.12.